The second kappa shape index (κ2) is 5.05. The van der Waals surface area contributed by atoms with Gasteiger partial charge in [-0.05, 0) is 26.0 Å². The molecule has 1 rings (SSSR count). The van der Waals surface area contributed by atoms with Crippen LogP contribution in [0, 0.1) is 0 Å². The molecule has 0 aliphatic heterocycles. The zero-order valence-corrected chi connectivity index (χ0v) is 9.54. The number of hydrogen-bond donors (Lipinski definition) is 0. The summed E-state index contributed by atoms with van der Waals surface area (Å²) in [5.74, 6) is 0. The molecule has 0 aliphatic rings. The van der Waals surface area contributed by atoms with Crippen molar-refractivity contribution in [3.63, 3.8) is 0 Å². The van der Waals surface area contributed by atoms with Crippen LogP contribution in [0.25, 0.3) is 0 Å². The summed E-state index contributed by atoms with van der Waals surface area (Å²) in [6.45, 7) is 4.21. The Morgan fingerprint density at radius 1 is 1.29 bits per heavy atom. The van der Waals surface area contributed by atoms with E-state index in [4.69, 9.17) is 0 Å². The van der Waals surface area contributed by atoms with E-state index in [1.807, 2.05) is 24.4 Å². The first-order valence-corrected chi connectivity index (χ1v) is 5.27. The van der Waals surface area contributed by atoms with Crippen LogP contribution in [0.4, 0.5) is 0 Å². The van der Waals surface area contributed by atoms with E-state index >= 15 is 0 Å². The van der Waals surface area contributed by atoms with Gasteiger partial charge < -0.3 is 4.84 Å². The molecule has 0 aromatic heterocycles. The number of oxime groups is 1. The van der Waals surface area contributed by atoms with Gasteiger partial charge in [0.05, 0.1) is 11.0 Å². The lowest BCUT2D eigenvalue weighted by atomic mass is 10.2. The zero-order valence-electron chi connectivity index (χ0n) is 8.73. The van der Waals surface area contributed by atoms with Crippen molar-refractivity contribution in [3.8, 4) is 0 Å². The maximum absolute atomic E-state index is 4.67. The Labute approximate surface area is 89.3 Å². The quantitative estimate of drug-likeness (QED) is 0.431. The summed E-state index contributed by atoms with van der Waals surface area (Å²) < 4.78 is -0.0443. The van der Waals surface area contributed by atoms with Crippen LogP contribution in [0.15, 0.2) is 40.4 Å². The number of benzene rings is 1. The van der Waals surface area contributed by atoms with E-state index in [0.717, 1.165) is 0 Å². The number of rotatable bonds is 4. The minimum absolute atomic E-state index is 0.0443. The fourth-order valence-corrected chi connectivity index (χ4v) is 1.99. The Kier molecular flexibility index (Phi) is 4.01. The summed E-state index contributed by atoms with van der Waals surface area (Å²) in [6, 6.07) is 10.3. The summed E-state index contributed by atoms with van der Waals surface area (Å²) in [4.78, 5) is 5.91. The second-order valence-electron chi connectivity index (χ2n) is 3.44. The molecule has 0 atom stereocenters. The molecule has 0 unspecified atom stereocenters. The first-order chi connectivity index (χ1) is 6.64. The molecule has 0 aliphatic carbocycles. The summed E-state index contributed by atoms with van der Waals surface area (Å²) in [5, 5.41) is 3.79. The Morgan fingerprint density at radius 2 is 1.93 bits per heavy atom. The standard InChI is InChI=1S/C11H15NOS/c1-11(2,9-12-13-3)14-10-7-5-4-6-8-10/h4-9H,1-3H3. The van der Waals surface area contributed by atoms with Crippen molar-refractivity contribution >= 4 is 18.0 Å². The van der Waals surface area contributed by atoms with E-state index in [2.05, 4.69) is 36.0 Å². The summed E-state index contributed by atoms with van der Waals surface area (Å²) in [6.07, 6.45) is 1.81. The van der Waals surface area contributed by atoms with Crippen LogP contribution in [-0.2, 0) is 4.84 Å². The molecule has 0 fully saturated rings. The van der Waals surface area contributed by atoms with Crippen LogP contribution in [0.5, 0.6) is 0 Å². The topological polar surface area (TPSA) is 21.6 Å². The van der Waals surface area contributed by atoms with Crippen molar-refractivity contribution in [2.45, 2.75) is 23.5 Å². The fraction of sp³-hybridized carbons (Fsp3) is 0.364. The van der Waals surface area contributed by atoms with Gasteiger partial charge in [0.1, 0.15) is 7.11 Å². The van der Waals surface area contributed by atoms with E-state index in [0.29, 0.717) is 0 Å². The Morgan fingerprint density at radius 3 is 2.50 bits per heavy atom. The number of nitrogens with zero attached hydrogens (tertiary/aromatic N) is 1. The molecule has 1 aromatic carbocycles. The summed E-state index contributed by atoms with van der Waals surface area (Å²) >= 11 is 1.76. The van der Waals surface area contributed by atoms with Crippen LogP contribution in [0.1, 0.15) is 13.8 Å². The van der Waals surface area contributed by atoms with Gasteiger partial charge in [0.15, 0.2) is 0 Å². The average molecular weight is 209 g/mol. The van der Waals surface area contributed by atoms with Crippen LogP contribution >= 0.6 is 11.8 Å². The lowest BCUT2D eigenvalue weighted by Crippen LogP contribution is -2.16. The lowest BCUT2D eigenvalue weighted by molar-refractivity contribution is 0.214. The third-order valence-electron chi connectivity index (χ3n) is 1.59. The van der Waals surface area contributed by atoms with E-state index in [-0.39, 0.29) is 4.75 Å². The molecule has 0 amide bonds. The van der Waals surface area contributed by atoms with Gasteiger partial charge in [-0.15, -0.1) is 11.8 Å². The molecule has 0 radical (unpaired) electrons. The van der Waals surface area contributed by atoms with Gasteiger partial charge in [0.25, 0.3) is 0 Å². The van der Waals surface area contributed by atoms with Crippen molar-refractivity contribution in [2.24, 2.45) is 5.16 Å². The highest BCUT2D eigenvalue weighted by Gasteiger charge is 2.16. The lowest BCUT2D eigenvalue weighted by Gasteiger charge is -2.17. The largest absolute Gasteiger partial charge is 0.399 e. The minimum atomic E-state index is -0.0443. The van der Waals surface area contributed by atoms with Gasteiger partial charge in [-0.2, -0.15) is 0 Å². The maximum atomic E-state index is 4.67. The average Bonchev–Trinajstić information content (AvgIpc) is 2.16. The zero-order chi connectivity index (χ0) is 10.4. The van der Waals surface area contributed by atoms with Crippen molar-refractivity contribution in [3.05, 3.63) is 30.3 Å². The molecule has 2 nitrogen and oxygen atoms in total. The van der Waals surface area contributed by atoms with Crippen molar-refractivity contribution in [1.82, 2.24) is 0 Å². The molecule has 14 heavy (non-hydrogen) atoms. The van der Waals surface area contributed by atoms with E-state index < -0.39 is 0 Å². The third kappa shape index (κ3) is 3.83. The Balaban J connectivity index is 2.63. The fourth-order valence-electron chi connectivity index (χ4n) is 0.998. The normalized spacial score (nSPS) is 11.9. The molecule has 0 N–H and O–H groups in total. The first kappa shape index (κ1) is 11.1. The molecule has 0 saturated carbocycles. The van der Waals surface area contributed by atoms with E-state index in [1.165, 1.54) is 4.90 Å². The van der Waals surface area contributed by atoms with E-state index in [9.17, 15) is 0 Å². The Hall–Kier alpha value is -0.960. The highest BCUT2D eigenvalue weighted by Crippen LogP contribution is 2.30. The predicted octanol–water partition coefficient (Wildman–Crippen LogP) is 3.19. The van der Waals surface area contributed by atoms with Gasteiger partial charge in [0.2, 0.25) is 0 Å². The van der Waals surface area contributed by atoms with Crippen molar-refractivity contribution in [1.29, 1.82) is 0 Å². The van der Waals surface area contributed by atoms with Crippen LogP contribution in [0.3, 0.4) is 0 Å². The monoisotopic (exact) mass is 209 g/mol. The molecule has 0 saturated heterocycles. The molecule has 76 valence electrons. The SMILES string of the molecule is CON=CC(C)(C)Sc1ccccc1. The summed E-state index contributed by atoms with van der Waals surface area (Å²) in [7, 11) is 1.56. The highest BCUT2D eigenvalue weighted by atomic mass is 32.2. The molecule has 3 heteroatoms. The molecular formula is C11H15NOS. The molecule has 0 spiro atoms. The van der Waals surface area contributed by atoms with Gasteiger partial charge >= 0.3 is 0 Å². The smallest absolute Gasteiger partial charge is 0.106 e. The first-order valence-electron chi connectivity index (χ1n) is 4.46. The molecule has 1 aromatic rings. The van der Waals surface area contributed by atoms with Crippen LogP contribution < -0.4 is 0 Å². The van der Waals surface area contributed by atoms with Crippen molar-refractivity contribution in [2.75, 3.05) is 7.11 Å². The third-order valence-corrected chi connectivity index (χ3v) is 2.73. The van der Waals surface area contributed by atoms with Gasteiger partial charge in [-0.1, -0.05) is 23.4 Å². The predicted molar refractivity (Wildman–Crippen MR) is 61.9 cm³/mol. The minimum Gasteiger partial charge on any atom is -0.399 e. The summed E-state index contributed by atoms with van der Waals surface area (Å²) in [5.41, 5.74) is 0. The second-order valence-corrected chi connectivity index (χ2v) is 5.16. The number of hydrogen-bond acceptors (Lipinski definition) is 3. The van der Waals surface area contributed by atoms with Gasteiger partial charge in [-0.25, -0.2) is 0 Å². The van der Waals surface area contributed by atoms with Crippen LogP contribution in [0.2, 0.25) is 0 Å². The Bertz CT molecular complexity index is 295. The maximum Gasteiger partial charge on any atom is 0.106 e. The molecular weight excluding hydrogens is 194 g/mol. The molecule has 0 heterocycles. The van der Waals surface area contributed by atoms with E-state index in [1.54, 1.807) is 18.9 Å². The van der Waals surface area contributed by atoms with Gasteiger partial charge in [0, 0.05) is 4.90 Å². The van der Waals surface area contributed by atoms with Gasteiger partial charge in [-0.3, -0.25) is 0 Å². The van der Waals surface area contributed by atoms with Crippen LogP contribution in [-0.4, -0.2) is 18.1 Å². The number of thioether (sulfide) groups is 1. The molecule has 0 bridgehead atoms. The van der Waals surface area contributed by atoms with Crippen molar-refractivity contribution < 1.29 is 4.84 Å². The highest BCUT2D eigenvalue weighted by molar-refractivity contribution is 8.01.